The molecule has 1 unspecified atom stereocenters. The predicted molar refractivity (Wildman–Crippen MR) is 215 cm³/mol. The molecule has 0 aromatic heterocycles. The number of benzene rings is 4. The molecule has 0 radical (unpaired) electrons. The first-order chi connectivity index (χ1) is 23.3. The van der Waals surface area contributed by atoms with Crippen molar-refractivity contribution in [1.82, 2.24) is 0 Å². The van der Waals surface area contributed by atoms with E-state index in [1.165, 1.54) is 101 Å². The van der Waals surface area contributed by atoms with Gasteiger partial charge in [0, 0.05) is 0 Å². The fourth-order valence-corrected chi connectivity index (χ4v) is 7.31. The molecule has 0 amide bonds. The molecule has 0 spiro atoms. The Labute approximate surface area is 345 Å². The third-order valence-corrected chi connectivity index (χ3v) is 11.2. The van der Waals surface area contributed by atoms with Gasteiger partial charge in [-0.3, -0.25) is 6.08 Å². The molecule has 1 atom stereocenters. The van der Waals surface area contributed by atoms with Gasteiger partial charge in [-0.05, 0) is 28.4 Å². The Morgan fingerprint density at radius 3 is 1.62 bits per heavy atom. The maximum Gasteiger partial charge on any atom is -1.00 e. The molecule has 0 nitrogen and oxygen atoms in total. The zero-order valence-electron chi connectivity index (χ0n) is 34.0. The van der Waals surface area contributed by atoms with Crippen molar-refractivity contribution in [2.24, 2.45) is 11.3 Å². The van der Waals surface area contributed by atoms with Crippen molar-refractivity contribution in [2.45, 2.75) is 120 Å². The van der Waals surface area contributed by atoms with E-state index in [0.717, 1.165) is 12.8 Å². The molecule has 0 heterocycles. The van der Waals surface area contributed by atoms with Crippen LogP contribution in [0.2, 0.25) is 0 Å². The smallest absolute Gasteiger partial charge is 1.00 e. The van der Waals surface area contributed by atoms with Crippen LogP contribution < -0.4 is 24.8 Å². The summed E-state index contributed by atoms with van der Waals surface area (Å²) in [5, 5.41) is 0. The summed E-state index contributed by atoms with van der Waals surface area (Å²) in [5.74, 6) is 0.573. The molecule has 4 aromatic carbocycles. The van der Waals surface area contributed by atoms with Gasteiger partial charge in [0.05, 0.1) is 0 Å². The average molecular weight is 811 g/mol. The molecule has 6 rings (SSSR count). The molecular weight excluding hydrogens is 751 g/mol. The Bertz CT molecular complexity index is 1740. The van der Waals surface area contributed by atoms with Crippen molar-refractivity contribution < 1.29 is 49.0 Å². The van der Waals surface area contributed by atoms with Crippen molar-refractivity contribution >= 4 is 3.21 Å². The zero-order chi connectivity index (χ0) is 37.0. The van der Waals surface area contributed by atoms with E-state index >= 15 is 0 Å². The normalized spacial score (nSPS) is 14.6. The monoisotopic (exact) mass is 808 g/mol. The Balaban J connectivity index is 0.000000273. The molecule has 2 aliphatic carbocycles. The first-order valence-electron chi connectivity index (χ1n) is 18.6. The van der Waals surface area contributed by atoms with E-state index in [1.54, 1.807) is 0 Å². The Morgan fingerprint density at radius 1 is 0.673 bits per heavy atom. The maximum atomic E-state index is 3.67. The molecule has 2 aliphatic rings. The van der Waals surface area contributed by atoms with Crippen molar-refractivity contribution in [3.8, 4) is 11.1 Å². The number of fused-ring (bicyclic) bond motifs is 3. The third-order valence-electron chi connectivity index (χ3n) is 9.80. The SMILES string of the molecule is CC(C)(C)c1[c-]c2c(cc1)-c1ccc(C(C)(C)C)cc1C2.CCC1=[C-]C(CC)C=C1C(C)(C)C.Cc1ccc([C](=[Zr+2])c2ccc(C)cc2)cc1.[Cl-].[Cl-]. The number of hydrogen-bond donors (Lipinski definition) is 0. The number of rotatable bonds is 4. The fraction of sp³-hybridized carbons (Fsp3) is 0.408. The number of aryl methyl sites for hydroxylation is 2. The summed E-state index contributed by atoms with van der Waals surface area (Å²) in [6.45, 7) is 29.2. The Morgan fingerprint density at radius 2 is 1.19 bits per heavy atom. The van der Waals surface area contributed by atoms with Gasteiger partial charge in [0.2, 0.25) is 0 Å². The summed E-state index contributed by atoms with van der Waals surface area (Å²) in [5.41, 5.74) is 17.3. The van der Waals surface area contributed by atoms with E-state index in [4.69, 9.17) is 0 Å². The van der Waals surface area contributed by atoms with Gasteiger partial charge in [0.15, 0.2) is 0 Å². The van der Waals surface area contributed by atoms with Crippen LogP contribution in [0.4, 0.5) is 0 Å². The number of halogens is 2. The van der Waals surface area contributed by atoms with E-state index in [1.807, 2.05) is 0 Å². The van der Waals surface area contributed by atoms with Crippen LogP contribution in [0, 0.1) is 37.3 Å². The summed E-state index contributed by atoms with van der Waals surface area (Å²) < 4.78 is 1.42. The second-order valence-corrected chi connectivity index (χ2v) is 18.5. The van der Waals surface area contributed by atoms with Crippen LogP contribution in [0.25, 0.3) is 11.1 Å². The molecule has 0 saturated heterocycles. The predicted octanol–water partition coefficient (Wildman–Crippen LogP) is 7.22. The van der Waals surface area contributed by atoms with Crippen LogP contribution in [0.5, 0.6) is 0 Å². The number of allylic oxidation sites excluding steroid dienone is 4. The summed E-state index contributed by atoms with van der Waals surface area (Å²) in [7, 11) is 0. The second kappa shape index (κ2) is 18.8. The molecule has 3 heteroatoms. The first kappa shape index (κ1) is 45.8. The first-order valence-corrected chi connectivity index (χ1v) is 19.8. The van der Waals surface area contributed by atoms with E-state index in [-0.39, 0.29) is 35.6 Å². The Hall–Kier alpha value is -2.31. The minimum Gasteiger partial charge on any atom is -1.00 e. The summed E-state index contributed by atoms with van der Waals surface area (Å²) in [4.78, 5) is 0. The van der Waals surface area contributed by atoms with E-state index in [9.17, 15) is 0 Å². The summed E-state index contributed by atoms with van der Waals surface area (Å²) >= 11 is 1.46. The molecular formula is C49H60Cl2Zr-2. The molecule has 0 aliphatic heterocycles. The van der Waals surface area contributed by atoms with Gasteiger partial charge in [-0.15, -0.1) is 11.1 Å². The molecule has 0 fully saturated rings. The van der Waals surface area contributed by atoms with Gasteiger partial charge in [-0.1, -0.05) is 124 Å². The van der Waals surface area contributed by atoms with Gasteiger partial charge in [-0.2, -0.15) is 35.4 Å². The van der Waals surface area contributed by atoms with Gasteiger partial charge in [0.1, 0.15) is 0 Å². The quantitative estimate of drug-likeness (QED) is 0.169. The van der Waals surface area contributed by atoms with Crippen molar-refractivity contribution in [3.05, 3.63) is 153 Å². The standard InChI is InChI=1S/C21H25.C15H14.C13H21.2ClH.Zr/c1-20(2,3)16-7-9-18-14(12-16)11-15-13-17(21(4,5)6)8-10-19(15)18;1-12-3-7-14(8-4-12)11-15-9-5-13(2)6-10-15;1-6-10-8-11(7-2)12(9-10)13(3,4)5;;;/h7-10,12H,11H2,1-6H3;3-10H,1-2H3;9-10H,6-7H2,1-5H3;2*1H;/q-1;;-1;;;+2/p-2. The van der Waals surface area contributed by atoms with Crippen LogP contribution in [0.15, 0.2) is 96.1 Å². The van der Waals surface area contributed by atoms with E-state index in [2.05, 4.69) is 187 Å². The average Bonchev–Trinajstić information content (AvgIpc) is 3.66. The fourth-order valence-electron chi connectivity index (χ4n) is 6.49. The molecule has 4 aromatic rings. The van der Waals surface area contributed by atoms with Gasteiger partial charge >= 0.3 is 112 Å². The molecule has 52 heavy (non-hydrogen) atoms. The van der Waals surface area contributed by atoms with Crippen molar-refractivity contribution in [3.63, 3.8) is 0 Å². The van der Waals surface area contributed by atoms with E-state index in [0.29, 0.717) is 11.3 Å². The molecule has 276 valence electrons. The third kappa shape index (κ3) is 11.8. The minimum atomic E-state index is 0. The van der Waals surface area contributed by atoms with Crippen LogP contribution in [-0.2, 0) is 41.5 Å². The topological polar surface area (TPSA) is 0 Å². The summed E-state index contributed by atoms with van der Waals surface area (Å²) in [6, 6.07) is 32.7. The molecule has 0 bridgehead atoms. The van der Waals surface area contributed by atoms with Crippen LogP contribution >= 0.6 is 0 Å². The number of hydrogen-bond acceptors (Lipinski definition) is 0. The van der Waals surface area contributed by atoms with Gasteiger partial charge in [0.25, 0.3) is 0 Å². The molecule has 0 saturated carbocycles. The zero-order valence-corrected chi connectivity index (χ0v) is 38.0. The van der Waals surface area contributed by atoms with Crippen LogP contribution in [-0.4, -0.2) is 3.21 Å². The maximum absolute atomic E-state index is 3.67. The van der Waals surface area contributed by atoms with Gasteiger partial charge < -0.3 is 24.8 Å². The van der Waals surface area contributed by atoms with Crippen LogP contribution in [0.1, 0.15) is 134 Å². The van der Waals surface area contributed by atoms with Gasteiger partial charge in [-0.25, -0.2) is 5.57 Å². The minimum absolute atomic E-state index is 0. The van der Waals surface area contributed by atoms with Crippen molar-refractivity contribution in [1.29, 1.82) is 0 Å². The summed E-state index contributed by atoms with van der Waals surface area (Å²) in [6.07, 6.45) is 9.31. The second-order valence-electron chi connectivity index (χ2n) is 17.2. The van der Waals surface area contributed by atoms with Crippen LogP contribution in [0.3, 0.4) is 0 Å². The van der Waals surface area contributed by atoms with E-state index < -0.39 is 0 Å². The Kier molecular flexibility index (Phi) is 16.6. The largest absolute Gasteiger partial charge is 1.00 e. The molecule has 0 N–H and O–H groups in total. The van der Waals surface area contributed by atoms with Crippen molar-refractivity contribution in [2.75, 3.05) is 0 Å².